The minimum absolute atomic E-state index is 0.144. The molecule has 0 spiro atoms. The maximum Gasteiger partial charge on any atom is 0.190 e. The molecule has 2 rings (SSSR count). The third-order valence-corrected chi connectivity index (χ3v) is 1.87. The third-order valence-electron chi connectivity index (χ3n) is 1.43. The van der Waals surface area contributed by atoms with Crippen molar-refractivity contribution in [1.29, 1.82) is 0 Å². The first-order chi connectivity index (χ1) is 5.25. The number of hydrogen-bond acceptors (Lipinski definition) is 2. The van der Waals surface area contributed by atoms with E-state index in [9.17, 15) is 0 Å². The number of pyridine rings is 1. The van der Waals surface area contributed by atoms with Gasteiger partial charge in [-0.25, -0.2) is 4.98 Å². The molecule has 0 fully saturated rings. The molecule has 2 aromatic heterocycles. The van der Waals surface area contributed by atoms with Crippen molar-refractivity contribution in [2.45, 2.75) is 0 Å². The molecule has 0 aliphatic carbocycles. The van der Waals surface area contributed by atoms with Gasteiger partial charge in [0.05, 0.1) is 11.0 Å². The van der Waals surface area contributed by atoms with E-state index in [4.69, 9.17) is 5.11 Å². The van der Waals surface area contributed by atoms with E-state index in [1.54, 1.807) is 6.07 Å². The Kier molecular flexibility index (Phi) is 1.35. The number of nitrogens with zero attached hydrogens (tertiary/aromatic N) is 1. The van der Waals surface area contributed by atoms with Crippen LogP contribution in [0.4, 0.5) is 0 Å². The first kappa shape index (κ1) is 6.67. The molecular weight excluding hydrogens is 208 g/mol. The summed E-state index contributed by atoms with van der Waals surface area (Å²) in [6.45, 7) is 0. The van der Waals surface area contributed by atoms with Gasteiger partial charge >= 0.3 is 0 Å². The van der Waals surface area contributed by atoms with Crippen molar-refractivity contribution in [2.75, 3.05) is 0 Å². The lowest BCUT2D eigenvalue weighted by atomic mass is 10.4. The molecule has 4 heteroatoms. The SMILES string of the molecule is Oc1cc2nc(Br)ccc2[nH]1. The van der Waals surface area contributed by atoms with Gasteiger partial charge in [0, 0.05) is 6.07 Å². The van der Waals surface area contributed by atoms with Gasteiger partial charge in [0.1, 0.15) is 4.60 Å². The van der Waals surface area contributed by atoms with Crippen molar-refractivity contribution in [3.63, 3.8) is 0 Å². The van der Waals surface area contributed by atoms with Crippen LogP contribution in [-0.2, 0) is 0 Å². The first-order valence-corrected chi connectivity index (χ1v) is 3.89. The number of aromatic amines is 1. The van der Waals surface area contributed by atoms with Gasteiger partial charge in [-0.15, -0.1) is 0 Å². The number of rotatable bonds is 0. The van der Waals surface area contributed by atoms with Gasteiger partial charge in [-0.05, 0) is 28.1 Å². The topological polar surface area (TPSA) is 48.9 Å². The van der Waals surface area contributed by atoms with E-state index in [-0.39, 0.29) is 5.88 Å². The summed E-state index contributed by atoms with van der Waals surface area (Å²) < 4.78 is 0.768. The van der Waals surface area contributed by atoms with Crippen molar-refractivity contribution in [1.82, 2.24) is 9.97 Å². The Balaban J connectivity index is 2.82. The molecule has 2 aromatic rings. The lowest BCUT2D eigenvalue weighted by molar-refractivity contribution is 0.458. The monoisotopic (exact) mass is 212 g/mol. The number of aromatic hydroxyl groups is 1. The zero-order chi connectivity index (χ0) is 7.84. The van der Waals surface area contributed by atoms with Crippen LogP contribution < -0.4 is 0 Å². The van der Waals surface area contributed by atoms with Gasteiger partial charge in [0.15, 0.2) is 5.88 Å². The van der Waals surface area contributed by atoms with E-state index in [0.29, 0.717) is 0 Å². The van der Waals surface area contributed by atoms with Gasteiger partial charge in [-0.3, -0.25) is 0 Å². The quantitative estimate of drug-likeness (QED) is 0.657. The molecule has 0 atom stereocenters. The highest BCUT2D eigenvalue weighted by molar-refractivity contribution is 9.10. The fourth-order valence-electron chi connectivity index (χ4n) is 0.969. The summed E-state index contributed by atoms with van der Waals surface area (Å²) in [5.74, 6) is 0.144. The molecule has 0 unspecified atom stereocenters. The van der Waals surface area contributed by atoms with Gasteiger partial charge < -0.3 is 10.1 Å². The molecule has 11 heavy (non-hydrogen) atoms. The van der Waals surface area contributed by atoms with Crippen LogP contribution in [0.25, 0.3) is 11.0 Å². The molecule has 0 amide bonds. The number of fused-ring (bicyclic) bond motifs is 1. The lowest BCUT2D eigenvalue weighted by Gasteiger charge is -1.87. The largest absolute Gasteiger partial charge is 0.495 e. The van der Waals surface area contributed by atoms with E-state index in [1.165, 1.54) is 0 Å². The van der Waals surface area contributed by atoms with Crippen molar-refractivity contribution in [2.24, 2.45) is 0 Å². The average Bonchev–Trinajstić information content (AvgIpc) is 2.27. The van der Waals surface area contributed by atoms with Crippen LogP contribution in [0.3, 0.4) is 0 Å². The number of hydrogen-bond donors (Lipinski definition) is 2. The van der Waals surface area contributed by atoms with Gasteiger partial charge in [0.2, 0.25) is 0 Å². The lowest BCUT2D eigenvalue weighted by Crippen LogP contribution is -1.73. The number of nitrogens with one attached hydrogen (secondary N) is 1. The van der Waals surface area contributed by atoms with E-state index in [1.807, 2.05) is 12.1 Å². The number of halogens is 1. The Bertz CT molecular complexity index is 396. The van der Waals surface area contributed by atoms with Gasteiger partial charge in [-0.2, -0.15) is 0 Å². The molecule has 0 bridgehead atoms. The maximum absolute atomic E-state index is 9.04. The Hall–Kier alpha value is -1.03. The molecule has 0 radical (unpaired) electrons. The second kappa shape index (κ2) is 2.23. The van der Waals surface area contributed by atoms with Crippen molar-refractivity contribution in [3.05, 3.63) is 22.8 Å². The van der Waals surface area contributed by atoms with Gasteiger partial charge in [-0.1, -0.05) is 0 Å². The number of aromatic nitrogens is 2. The first-order valence-electron chi connectivity index (χ1n) is 3.10. The van der Waals surface area contributed by atoms with Crippen molar-refractivity contribution in [3.8, 4) is 5.88 Å². The smallest absolute Gasteiger partial charge is 0.190 e. The van der Waals surface area contributed by atoms with E-state index in [2.05, 4.69) is 25.9 Å². The summed E-state index contributed by atoms with van der Waals surface area (Å²) in [6, 6.07) is 5.25. The van der Waals surface area contributed by atoms with Crippen LogP contribution in [0.5, 0.6) is 5.88 Å². The Morgan fingerprint density at radius 2 is 2.27 bits per heavy atom. The Morgan fingerprint density at radius 1 is 1.45 bits per heavy atom. The summed E-state index contributed by atoms with van der Waals surface area (Å²) in [4.78, 5) is 6.88. The van der Waals surface area contributed by atoms with Crippen molar-refractivity contribution >= 4 is 27.0 Å². The molecule has 2 heterocycles. The second-order valence-electron chi connectivity index (χ2n) is 2.22. The van der Waals surface area contributed by atoms with Crippen LogP contribution >= 0.6 is 15.9 Å². The highest BCUT2D eigenvalue weighted by atomic mass is 79.9. The minimum atomic E-state index is 0.144. The Morgan fingerprint density at radius 3 is 3.09 bits per heavy atom. The van der Waals surface area contributed by atoms with Gasteiger partial charge in [0.25, 0.3) is 0 Å². The molecule has 2 N–H and O–H groups in total. The minimum Gasteiger partial charge on any atom is -0.495 e. The molecule has 0 saturated heterocycles. The highest BCUT2D eigenvalue weighted by Gasteiger charge is 1.99. The fraction of sp³-hybridized carbons (Fsp3) is 0. The zero-order valence-electron chi connectivity index (χ0n) is 5.50. The van der Waals surface area contributed by atoms with E-state index in [0.717, 1.165) is 15.6 Å². The van der Waals surface area contributed by atoms with Crippen molar-refractivity contribution < 1.29 is 5.11 Å². The second-order valence-corrected chi connectivity index (χ2v) is 3.03. The standard InChI is InChI=1S/C7H5BrN2O/c8-6-2-1-4-5(9-6)3-7(11)10-4/h1-3,10-11H. The molecule has 0 saturated carbocycles. The van der Waals surface area contributed by atoms with E-state index < -0.39 is 0 Å². The molecule has 0 aliphatic rings. The molecule has 0 aromatic carbocycles. The molecular formula is C7H5BrN2O. The van der Waals surface area contributed by atoms with Crippen LogP contribution in [-0.4, -0.2) is 15.1 Å². The highest BCUT2D eigenvalue weighted by Crippen LogP contribution is 2.19. The zero-order valence-corrected chi connectivity index (χ0v) is 7.09. The molecule has 56 valence electrons. The van der Waals surface area contributed by atoms with Crippen LogP contribution in [0.2, 0.25) is 0 Å². The summed E-state index contributed by atoms with van der Waals surface area (Å²) in [6.07, 6.45) is 0. The normalized spacial score (nSPS) is 10.6. The predicted octanol–water partition coefficient (Wildman–Crippen LogP) is 2.03. The third kappa shape index (κ3) is 1.09. The maximum atomic E-state index is 9.04. The number of H-pyrrole nitrogens is 1. The summed E-state index contributed by atoms with van der Waals surface area (Å²) >= 11 is 3.24. The molecule has 3 nitrogen and oxygen atoms in total. The van der Waals surface area contributed by atoms with Crippen LogP contribution in [0.1, 0.15) is 0 Å². The average molecular weight is 213 g/mol. The summed E-state index contributed by atoms with van der Waals surface area (Å²) in [5.41, 5.74) is 1.60. The molecule has 0 aliphatic heterocycles. The fourth-order valence-corrected chi connectivity index (χ4v) is 1.29. The van der Waals surface area contributed by atoms with E-state index >= 15 is 0 Å². The Labute approximate surface area is 71.2 Å². The summed E-state index contributed by atoms with van der Waals surface area (Å²) in [7, 11) is 0. The van der Waals surface area contributed by atoms with Crippen LogP contribution in [0.15, 0.2) is 22.8 Å². The predicted molar refractivity (Wildman–Crippen MR) is 45.5 cm³/mol. The summed E-state index contributed by atoms with van der Waals surface area (Å²) in [5, 5.41) is 9.04. The van der Waals surface area contributed by atoms with Crippen LogP contribution in [0, 0.1) is 0 Å².